The number of hydrogen-bond donors (Lipinski definition) is 2. The van der Waals surface area contributed by atoms with Crippen LogP contribution in [0.25, 0.3) is 11.0 Å². The van der Waals surface area contributed by atoms with E-state index in [2.05, 4.69) is 0 Å². The highest BCUT2D eigenvalue weighted by atomic mass is 16.4. The Morgan fingerprint density at radius 3 is 2.48 bits per heavy atom. The Balaban J connectivity index is 2.05. The first-order chi connectivity index (χ1) is 10.9. The maximum atomic E-state index is 12.6. The SMILES string of the molecule is Cc1c(C2CCN(C(=O)O)CC2)oc2c(C)c(O)ccc2c1=O. The summed E-state index contributed by atoms with van der Waals surface area (Å²) in [7, 11) is 0. The van der Waals surface area contributed by atoms with Crippen LogP contribution < -0.4 is 5.43 Å². The number of hydrogen-bond acceptors (Lipinski definition) is 4. The van der Waals surface area contributed by atoms with Gasteiger partial charge >= 0.3 is 6.09 Å². The largest absolute Gasteiger partial charge is 0.508 e. The number of carbonyl (C=O) groups is 1. The highest BCUT2D eigenvalue weighted by molar-refractivity contribution is 5.82. The standard InChI is InChI=1S/C17H19NO5/c1-9-13(19)4-3-12-14(20)10(2)15(23-16(9)12)11-5-7-18(8-6-11)17(21)22/h3-4,11,19H,5-8H2,1-2H3,(H,21,22). The van der Waals surface area contributed by atoms with Crippen molar-refractivity contribution in [2.24, 2.45) is 0 Å². The first-order valence-electron chi connectivity index (χ1n) is 7.64. The van der Waals surface area contributed by atoms with Crippen molar-refractivity contribution in [2.75, 3.05) is 13.1 Å². The predicted octanol–water partition coefficient (Wildman–Crippen LogP) is 2.97. The number of likely N-dealkylation sites (tertiary alicyclic amines) is 1. The molecule has 6 nitrogen and oxygen atoms in total. The smallest absolute Gasteiger partial charge is 0.407 e. The highest BCUT2D eigenvalue weighted by Gasteiger charge is 2.27. The third-order valence-corrected chi connectivity index (χ3v) is 4.68. The molecule has 1 saturated heterocycles. The third-order valence-electron chi connectivity index (χ3n) is 4.68. The normalized spacial score (nSPS) is 16.0. The number of fused-ring (bicyclic) bond motifs is 1. The van der Waals surface area contributed by atoms with E-state index in [1.807, 2.05) is 0 Å². The van der Waals surface area contributed by atoms with E-state index < -0.39 is 6.09 Å². The van der Waals surface area contributed by atoms with Crippen LogP contribution in [-0.2, 0) is 0 Å². The van der Waals surface area contributed by atoms with Gasteiger partial charge in [0.25, 0.3) is 0 Å². The van der Waals surface area contributed by atoms with E-state index in [1.165, 1.54) is 11.0 Å². The maximum Gasteiger partial charge on any atom is 0.407 e. The number of nitrogens with zero attached hydrogens (tertiary/aromatic N) is 1. The van der Waals surface area contributed by atoms with Crippen LogP contribution in [0.15, 0.2) is 21.3 Å². The van der Waals surface area contributed by atoms with E-state index in [-0.39, 0.29) is 17.1 Å². The van der Waals surface area contributed by atoms with Crippen molar-refractivity contribution < 1.29 is 19.4 Å². The lowest BCUT2D eigenvalue weighted by Gasteiger charge is -2.30. The Morgan fingerprint density at radius 1 is 1.22 bits per heavy atom. The molecule has 0 radical (unpaired) electrons. The van der Waals surface area contributed by atoms with Gasteiger partial charge in [-0.05, 0) is 38.8 Å². The molecule has 0 spiro atoms. The molecule has 1 fully saturated rings. The molecule has 1 amide bonds. The zero-order valence-electron chi connectivity index (χ0n) is 13.1. The lowest BCUT2D eigenvalue weighted by molar-refractivity contribution is 0.130. The summed E-state index contributed by atoms with van der Waals surface area (Å²) >= 11 is 0. The second-order valence-corrected chi connectivity index (χ2v) is 6.05. The molecule has 122 valence electrons. The zero-order chi connectivity index (χ0) is 16.7. The summed E-state index contributed by atoms with van der Waals surface area (Å²) in [5, 5.41) is 19.3. The molecule has 0 unspecified atom stereocenters. The first kappa shape index (κ1) is 15.4. The fourth-order valence-electron chi connectivity index (χ4n) is 3.21. The van der Waals surface area contributed by atoms with Gasteiger partial charge < -0.3 is 19.5 Å². The van der Waals surface area contributed by atoms with E-state index in [0.717, 1.165) is 0 Å². The number of phenolic OH excluding ortho intramolecular Hbond substituents is 1. The number of aromatic hydroxyl groups is 1. The van der Waals surface area contributed by atoms with E-state index in [1.54, 1.807) is 19.9 Å². The fourth-order valence-corrected chi connectivity index (χ4v) is 3.21. The van der Waals surface area contributed by atoms with Crippen LogP contribution in [0.4, 0.5) is 4.79 Å². The fraction of sp³-hybridized carbons (Fsp3) is 0.412. The number of phenols is 1. The molecule has 1 aliphatic rings. The molecular formula is C17H19NO5. The van der Waals surface area contributed by atoms with Crippen LogP contribution in [0, 0.1) is 13.8 Å². The Labute approximate surface area is 133 Å². The van der Waals surface area contributed by atoms with Crippen molar-refractivity contribution in [2.45, 2.75) is 32.6 Å². The molecule has 1 aromatic carbocycles. The second-order valence-electron chi connectivity index (χ2n) is 6.05. The van der Waals surface area contributed by atoms with E-state index in [4.69, 9.17) is 9.52 Å². The summed E-state index contributed by atoms with van der Waals surface area (Å²) in [6.45, 7) is 4.32. The summed E-state index contributed by atoms with van der Waals surface area (Å²) in [6, 6.07) is 3.08. The molecular weight excluding hydrogens is 298 g/mol. The van der Waals surface area contributed by atoms with Crippen molar-refractivity contribution in [1.29, 1.82) is 0 Å². The molecule has 0 bridgehead atoms. The minimum atomic E-state index is -0.916. The molecule has 2 N–H and O–H groups in total. The van der Waals surface area contributed by atoms with Crippen LogP contribution >= 0.6 is 0 Å². The van der Waals surface area contributed by atoms with E-state index in [9.17, 15) is 14.7 Å². The van der Waals surface area contributed by atoms with E-state index >= 15 is 0 Å². The number of piperidine rings is 1. The first-order valence-corrected chi connectivity index (χ1v) is 7.64. The monoisotopic (exact) mass is 317 g/mol. The summed E-state index contributed by atoms with van der Waals surface area (Å²) in [5.41, 5.74) is 1.43. The van der Waals surface area contributed by atoms with Gasteiger partial charge in [-0.15, -0.1) is 0 Å². The Kier molecular flexibility index (Phi) is 3.75. The van der Waals surface area contributed by atoms with Gasteiger partial charge in [-0.3, -0.25) is 4.79 Å². The average Bonchev–Trinajstić information content (AvgIpc) is 2.54. The minimum Gasteiger partial charge on any atom is -0.508 e. The second kappa shape index (κ2) is 5.61. The van der Waals surface area contributed by atoms with Crippen molar-refractivity contribution in [3.63, 3.8) is 0 Å². The lowest BCUT2D eigenvalue weighted by atomic mass is 9.91. The molecule has 1 aliphatic heterocycles. The molecule has 2 heterocycles. The average molecular weight is 317 g/mol. The minimum absolute atomic E-state index is 0.0180. The number of carboxylic acid groups (broad SMARTS) is 1. The Hall–Kier alpha value is -2.50. The zero-order valence-corrected chi connectivity index (χ0v) is 13.1. The van der Waals surface area contributed by atoms with Crippen molar-refractivity contribution >= 4 is 17.1 Å². The number of rotatable bonds is 1. The molecule has 6 heteroatoms. The number of aryl methyl sites for hydroxylation is 1. The quantitative estimate of drug-likeness (QED) is 0.843. The van der Waals surface area contributed by atoms with Crippen LogP contribution in [0.5, 0.6) is 5.75 Å². The van der Waals surface area contributed by atoms with Gasteiger partial charge in [0.1, 0.15) is 17.1 Å². The molecule has 23 heavy (non-hydrogen) atoms. The molecule has 2 aromatic rings. The Bertz CT molecular complexity index is 831. The summed E-state index contributed by atoms with van der Waals surface area (Å²) in [5.74, 6) is 0.724. The lowest BCUT2D eigenvalue weighted by Crippen LogP contribution is -2.37. The molecule has 3 rings (SSSR count). The predicted molar refractivity (Wildman–Crippen MR) is 85.2 cm³/mol. The highest BCUT2D eigenvalue weighted by Crippen LogP contribution is 2.33. The van der Waals surface area contributed by atoms with Crippen LogP contribution in [-0.4, -0.2) is 34.3 Å². The summed E-state index contributed by atoms with van der Waals surface area (Å²) in [4.78, 5) is 25.0. The topological polar surface area (TPSA) is 91.0 Å². The van der Waals surface area contributed by atoms with Crippen molar-refractivity contribution in [3.05, 3.63) is 39.2 Å². The van der Waals surface area contributed by atoms with Crippen molar-refractivity contribution in [3.8, 4) is 5.75 Å². The van der Waals surface area contributed by atoms with E-state index in [0.29, 0.717) is 53.8 Å². The Morgan fingerprint density at radius 2 is 1.87 bits per heavy atom. The van der Waals surface area contributed by atoms with Gasteiger partial charge in [-0.2, -0.15) is 0 Å². The van der Waals surface area contributed by atoms with Gasteiger partial charge in [0.05, 0.1) is 5.39 Å². The van der Waals surface area contributed by atoms with Gasteiger partial charge in [0.2, 0.25) is 0 Å². The van der Waals surface area contributed by atoms with Crippen molar-refractivity contribution in [1.82, 2.24) is 4.90 Å². The summed E-state index contributed by atoms with van der Waals surface area (Å²) < 4.78 is 5.99. The molecule has 1 aromatic heterocycles. The maximum absolute atomic E-state index is 12.6. The molecule has 0 aliphatic carbocycles. The number of benzene rings is 1. The van der Waals surface area contributed by atoms with Gasteiger partial charge in [-0.25, -0.2) is 4.79 Å². The van der Waals surface area contributed by atoms with Gasteiger partial charge in [-0.1, -0.05) is 0 Å². The molecule has 0 atom stereocenters. The van der Waals surface area contributed by atoms with Crippen LogP contribution in [0.2, 0.25) is 0 Å². The van der Waals surface area contributed by atoms with Crippen LogP contribution in [0.1, 0.15) is 35.6 Å². The van der Waals surface area contributed by atoms with Gasteiger partial charge in [0.15, 0.2) is 5.43 Å². The summed E-state index contributed by atoms with van der Waals surface area (Å²) in [6.07, 6.45) is 0.333. The van der Waals surface area contributed by atoms with Gasteiger partial charge in [0, 0.05) is 30.1 Å². The van der Waals surface area contributed by atoms with Crippen LogP contribution in [0.3, 0.4) is 0 Å². The number of amides is 1. The third kappa shape index (κ3) is 2.54. The molecule has 0 saturated carbocycles.